The molecule has 1 aliphatic rings. The molecule has 0 atom stereocenters. The van der Waals surface area contributed by atoms with E-state index < -0.39 is 0 Å². The zero-order valence-corrected chi connectivity index (χ0v) is 12.3. The number of hydrogen-bond acceptors (Lipinski definition) is 2. The van der Waals surface area contributed by atoms with Crippen LogP contribution in [0, 0.1) is 6.92 Å². The number of carbonyl (C=O) groups excluding carboxylic acids is 1. The molecule has 0 saturated carbocycles. The summed E-state index contributed by atoms with van der Waals surface area (Å²) in [5.41, 5.74) is 1.70. The van der Waals surface area contributed by atoms with Crippen LogP contribution >= 0.6 is 0 Å². The van der Waals surface area contributed by atoms with Gasteiger partial charge in [0.1, 0.15) is 6.54 Å². The van der Waals surface area contributed by atoms with Crippen LogP contribution in [0.2, 0.25) is 0 Å². The zero-order chi connectivity index (χ0) is 14.8. The van der Waals surface area contributed by atoms with Gasteiger partial charge in [0.05, 0.1) is 5.52 Å². The van der Waals surface area contributed by atoms with Crippen molar-refractivity contribution < 1.29 is 4.79 Å². The predicted octanol–water partition coefficient (Wildman–Crippen LogP) is 2.32. The molecule has 4 nitrogen and oxygen atoms in total. The number of carbonyl (C=O) groups is 1. The molecule has 0 aliphatic carbocycles. The average molecular weight is 284 g/mol. The topological polar surface area (TPSA) is 42.3 Å². The van der Waals surface area contributed by atoms with Gasteiger partial charge in [0, 0.05) is 24.5 Å². The number of hydrogen-bond donors (Lipinski definition) is 0. The van der Waals surface area contributed by atoms with Crippen LogP contribution in [0.3, 0.4) is 0 Å². The van der Waals surface area contributed by atoms with Crippen molar-refractivity contribution in [1.29, 1.82) is 0 Å². The number of fused-ring (bicyclic) bond motifs is 1. The molecule has 110 valence electrons. The number of piperidine rings is 1. The van der Waals surface area contributed by atoms with E-state index in [1.54, 1.807) is 10.6 Å². The van der Waals surface area contributed by atoms with Gasteiger partial charge in [-0.1, -0.05) is 18.2 Å². The summed E-state index contributed by atoms with van der Waals surface area (Å²) < 4.78 is 1.60. The van der Waals surface area contributed by atoms with Crippen molar-refractivity contribution in [3.63, 3.8) is 0 Å². The van der Waals surface area contributed by atoms with Crippen LogP contribution in [-0.4, -0.2) is 28.5 Å². The third kappa shape index (κ3) is 2.71. The van der Waals surface area contributed by atoms with Gasteiger partial charge in [-0.25, -0.2) is 0 Å². The molecule has 2 aromatic rings. The molecule has 1 saturated heterocycles. The lowest BCUT2D eigenvalue weighted by atomic mass is 10.1. The summed E-state index contributed by atoms with van der Waals surface area (Å²) in [7, 11) is 0. The molecule has 0 radical (unpaired) electrons. The highest BCUT2D eigenvalue weighted by Gasteiger charge is 2.18. The summed E-state index contributed by atoms with van der Waals surface area (Å²) in [5.74, 6) is 0.0470. The van der Waals surface area contributed by atoms with Gasteiger partial charge < -0.3 is 4.90 Å². The van der Waals surface area contributed by atoms with Crippen molar-refractivity contribution in [3.8, 4) is 0 Å². The van der Waals surface area contributed by atoms with Crippen molar-refractivity contribution in [2.24, 2.45) is 0 Å². The van der Waals surface area contributed by atoms with E-state index >= 15 is 0 Å². The highest BCUT2D eigenvalue weighted by Crippen LogP contribution is 2.16. The second kappa shape index (κ2) is 5.72. The van der Waals surface area contributed by atoms with E-state index in [1.807, 2.05) is 36.1 Å². The fraction of sp³-hybridized carbons (Fsp3) is 0.412. The van der Waals surface area contributed by atoms with E-state index in [2.05, 4.69) is 0 Å². The molecule has 3 rings (SSSR count). The Morgan fingerprint density at radius 1 is 1.14 bits per heavy atom. The fourth-order valence-corrected chi connectivity index (χ4v) is 3.04. The lowest BCUT2D eigenvalue weighted by molar-refractivity contribution is -0.132. The Balaban J connectivity index is 1.96. The van der Waals surface area contributed by atoms with Crippen LogP contribution < -0.4 is 5.56 Å². The number of benzene rings is 1. The fourth-order valence-electron chi connectivity index (χ4n) is 3.04. The lowest BCUT2D eigenvalue weighted by Gasteiger charge is -2.27. The summed E-state index contributed by atoms with van der Waals surface area (Å²) in [6, 6.07) is 9.38. The van der Waals surface area contributed by atoms with Crippen molar-refractivity contribution >= 4 is 16.8 Å². The minimum absolute atomic E-state index is 0.0470. The largest absolute Gasteiger partial charge is 0.341 e. The summed E-state index contributed by atoms with van der Waals surface area (Å²) in [6.45, 7) is 3.70. The van der Waals surface area contributed by atoms with Crippen LogP contribution in [0.4, 0.5) is 0 Å². The van der Waals surface area contributed by atoms with Crippen LogP contribution in [0.5, 0.6) is 0 Å². The number of aryl methyl sites for hydroxylation is 1. The first-order valence-electron chi connectivity index (χ1n) is 7.54. The molecular weight excluding hydrogens is 264 g/mol. The van der Waals surface area contributed by atoms with Gasteiger partial charge in [0.2, 0.25) is 5.91 Å². The van der Waals surface area contributed by atoms with Gasteiger partial charge in [-0.2, -0.15) is 0 Å². The second-order valence-corrected chi connectivity index (χ2v) is 5.71. The molecule has 1 aromatic heterocycles. The zero-order valence-electron chi connectivity index (χ0n) is 12.3. The Kier molecular flexibility index (Phi) is 3.78. The van der Waals surface area contributed by atoms with Gasteiger partial charge in [0.15, 0.2) is 0 Å². The second-order valence-electron chi connectivity index (χ2n) is 5.71. The van der Waals surface area contributed by atoms with E-state index in [1.165, 1.54) is 6.42 Å². The molecule has 1 aliphatic heterocycles. The molecule has 1 fully saturated rings. The molecule has 2 heterocycles. The predicted molar refractivity (Wildman–Crippen MR) is 83.4 cm³/mol. The van der Waals surface area contributed by atoms with E-state index in [0.717, 1.165) is 42.4 Å². The summed E-state index contributed by atoms with van der Waals surface area (Å²) in [6.07, 6.45) is 3.32. The number of para-hydroxylation sites is 1. The highest BCUT2D eigenvalue weighted by molar-refractivity contribution is 5.84. The van der Waals surface area contributed by atoms with E-state index in [0.29, 0.717) is 0 Å². The van der Waals surface area contributed by atoms with Gasteiger partial charge in [-0.3, -0.25) is 14.2 Å². The van der Waals surface area contributed by atoms with Crippen molar-refractivity contribution in [1.82, 2.24) is 9.47 Å². The number of likely N-dealkylation sites (tertiary alicyclic amines) is 1. The van der Waals surface area contributed by atoms with E-state index in [9.17, 15) is 9.59 Å². The normalized spacial score (nSPS) is 15.4. The molecule has 1 amide bonds. The minimum atomic E-state index is -0.100. The van der Waals surface area contributed by atoms with Gasteiger partial charge in [-0.05, 0) is 37.8 Å². The Hall–Kier alpha value is -2.10. The third-order valence-electron chi connectivity index (χ3n) is 4.23. The number of nitrogens with zero attached hydrogens (tertiary/aromatic N) is 2. The first-order chi connectivity index (χ1) is 10.2. The maximum absolute atomic E-state index is 12.4. The highest BCUT2D eigenvalue weighted by atomic mass is 16.2. The first kappa shape index (κ1) is 13.9. The molecule has 0 unspecified atom stereocenters. The molecule has 0 bridgehead atoms. The summed E-state index contributed by atoms with van der Waals surface area (Å²) in [4.78, 5) is 26.6. The monoisotopic (exact) mass is 284 g/mol. The van der Waals surface area contributed by atoms with Crippen LogP contribution in [0.25, 0.3) is 10.9 Å². The van der Waals surface area contributed by atoms with E-state index in [-0.39, 0.29) is 18.0 Å². The quantitative estimate of drug-likeness (QED) is 0.849. The maximum Gasteiger partial charge on any atom is 0.251 e. The molecule has 4 heteroatoms. The average Bonchev–Trinajstić information content (AvgIpc) is 2.52. The molecular formula is C17H20N2O2. The maximum atomic E-state index is 12.4. The van der Waals surface area contributed by atoms with Gasteiger partial charge in [0.25, 0.3) is 5.56 Å². The van der Waals surface area contributed by atoms with Crippen molar-refractivity contribution in [2.45, 2.75) is 32.7 Å². The lowest BCUT2D eigenvalue weighted by Crippen LogP contribution is -2.39. The Morgan fingerprint density at radius 2 is 1.86 bits per heavy atom. The molecule has 21 heavy (non-hydrogen) atoms. The van der Waals surface area contributed by atoms with Crippen molar-refractivity contribution in [2.75, 3.05) is 13.1 Å². The van der Waals surface area contributed by atoms with Crippen LogP contribution in [0.15, 0.2) is 35.1 Å². The Labute approximate surface area is 124 Å². The van der Waals surface area contributed by atoms with Gasteiger partial charge >= 0.3 is 0 Å². The third-order valence-corrected chi connectivity index (χ3v) is 4.23. The van der Waals surface area contributed by atoms with E-state index in [4.69, 9.17) is 0 Å². The number of amides is 1. The van der Waals surface area contributed by atoms with Crippen LogP contribution in [0.1, 0.15) is 24.8 Å². The Morgan fingerprint density at radius 3 is 2.62 bits per heavy atom. The molecule has 1 aromatic carbocycles. The van der Waals surface area contributed by atoms with Crippen LogP contribution in [-0.2, 0) is 11.3 Å². The number of aromatic nitrogens is 1. The summed E-state index contributed by atoms with van der Waals surface area (Å²) >= 11 is 0. The standard InChI is InChI=1S/C17H20N2O2/c1-13-11-16(20)19(15-8-4-3-7-14(13)15)12-17(21)18-9-5-2-6-10-18/h3-4,7-8,11H,2,5-6,9-10,12H2,1H3. The number of rotatable bonds is 2. The Bertz CT molecular complexity index is 727. The molecule has 0 N–H and O–H groups in total. The molecule has 0 spiro atoms. The number of pyridine rings is 1. The van der Waals surface area contributed by atoms with Crippen molar-refractivity contribution in [3.05, 3.63) is 46.2 Å². The SMILES string of the molecule is Cc1cc(=O)n(CC(=O)N2CCCCC2)c2ccccc12. The van der Waals surface area contributed by atoms with Gasteiger partial charge in [-0.15, -0.1) is 0 Å². The smallest absolute Gasteiger partial charge is 0.251 e. The summed E-state index contributed by atoms with van der Waals surface area (Å²) in [5, 5.41) is 1.03. The minimum Gasteiger partial charge on any atom is -0.341 e. The first-order valence-corrected chi connectivity index (χ1v) is 7.54.